The molecule has 0 aliphatic heterocycles. The minimum absolute atomic E-state index is 0.854. The minimum Gasteiger partial charge on any atom is -0.324 e. The molecule has 0 aromatic carbocycles. The fourth-order valence-electron chi connectivity index (χ4n) is 0.458. The standard InChI is InChI=1S/C7H12N2.C2H6/c1-3-5-7(9-8)6-4-2;1-2/h3-6,9H,1,8H2,2H3;1-2H3/b6-4-,7-5+;. The van der Waals surface area contributed by atoms with E-state index >= 15 is 0 Å². The van der Waals surface area contributed by atoms with Crippen LogP contribution in [0.1, 0.15) is 20.8 Å². The van der Waals surface area contributed by atoms with Gasteiger partial charge in [-0.1, -0.05) is 32.6 Å². The lowest BCUT2D eigenvalue weighted by molar-refractivity contribution is 0.916. The Balaban J connectivity index is 0. The first kappa shape index (κ1) is 12.6. The number of hydrazine groups is 1. The molecule has 0 amide bonds. The predicted molar refractivity (Wildman–Crippen MR) is 51.8 cm³/mol. The van der Waals surface area contributed by atoms with E-state index in [0.717, 1.165) is 5.70 Å². The van der Waals surface area contributed by atoms with Crippen molar-refractivity contribution in [2.45, 2.75) is 20.8 Å². The smallest absolute Gasteiger partial charge is 0.0481 e. The SMILES string of the molecule is C=C/C=C(\C=C/C)NN.CC. The van der Waals surface area contributed by atoms with Crippen molar-refractivity contribution in [3.63, 3.8) is 0 Å². The molecule has 0 aliphatic rings. The first-order valence-electron chi connectivity index (χ1n) is 3.77. The molecule has 0 fully saturated rings. The third kappa shape index (κ3) is 8.98. The van der Waals surface area contributed by atoms with Crippen LogP contribution in [0.25, 0.3) is 0 Å². The lowest BCUT2D eigenvalue weighted by atomic mass is 10.3. The Morgan fingerprint density at radius 1 is 1.45 bits per heavy atom. The number of hydrogen-bond acceptors (Lipinski definition) is 2. The van der Waals surface area contributed by atoms with Gasteiger partial charge in [-0.3, -0.25) is 5.84 Å². The average molecular weight is 154 g/mol. The van der Waals surface area contributed by atoms with Crippen molar-refractivity contribution >= 4 is 0 Å². The quantitative estimate of drug-likeness (QED) is 0.371. The summed E-state index contributed by atoms with van der Waals surface area (Å²) in [5.41, 5.74) is 3.36. The van der Waals surface area contributed by atoms with Gasteiger partial charge in [0.05, 0.1) is 0 Å². The second-order valence-corrected chi connectivity index (χ2v) is 1.50. The molecule has 0 spiro atoms. The summed E-state index contributed by atoms with van der Waals surface area (Å²) in [5, 5.41) is 0. The van der Waals surface area contributed by atoms with Gasteiger partial charge in [-0.15, -0.1) is 0 Å². The van der Waals surface area contributed by atoms with E-state index in [9.17, 15) is 0 Å². The summed E-state index contributed by atoms with van der Waals surface area (Å²) < 4.78 is 0. The second-order valence-electron chi connectivity index (χ2n) is 1.50. The van der Waals surface area contributed by atoms with Gasteiger partial charge < -0.3 is 5.43 Å². The third-order valence-electron chi connectivity index (χ3n) is 0.810. The van der Waals surface area contributed by atoms with Crippen molar-refractivity contribution in [2.75, 3.05) is 0 Å². The molecule has 0 radical (unpaired) electrons. The van der Waals surface area contributed by atoms with Crippen LogP contribution in [-0.2, 0) is 0 Å². The normalized spacial score (nSPS) is 10.4. The van der Waals surface area contributed by atoms with Gasteiger partial charge >= 0.3 is 0 Å². The molecule has 0 rings (SSSR count). The lowest BCUT2D eigenvalue weighted by Crippen LogP contribution is -2.19. The van der Waals surface area contributed by atoms with Crippen LogP contribution in [0.5, 0.6) is 0 Å². The summed E-state index contributed by atoms with van der Waals surface area (Å²) >= 11 is 0. The molecule has 2 heteroatoms. The van der Waals surface area contributed by atoms with Gasteiger partial charge in [0.25, 0.3) is 0 Å². The Hall–Kier alpha value is -1.02. The van der Waals surface area contributed by atoms with Gasteiger partial charge in [0.2, 0.25) is 0 Å². The van der Waals surface area contributed by atoms with Crippen molar-refractivity contribution in [1.29, 1.82) is 0 Å². The Bertz CT molecular complexity index is 134. The zero-order valence-electron chi connectivity index (χ0n) is 7.59. The highest BCUT2D eigenvalue weighted by atomic mass is 15.2. The van der Waals surface area contributed by atoms with Gasteiger partial charge in [0, 0.05) is 5.70 Å². The third-order valence-corrected chi connectivity index (χ3v) is 0.810. The number of nitrogens with one attached hydrogen (secondary N) is 1. The van der Waals surface area contributed by atoms with E-state index in [1.807, 2.05) is 32.9 Å². The van der Waals surface area contributed by atoms with E-state index in [0.29, 0.717) is 0 Å². The van der Waals surface area contributed by atoms with Gasteiger partial charge in [0.1, 0.15) is 0 Å². The molecule has 0 unspecified atom stereocenters. The van der Waals surface area contributed by atoms with Crippen LogP contribution in [0.3, 0.4) is 0 Å². The molecule has 64 valence electrons. The van der Waals surface area contributed by atoms with Crippen molar-refractivity contribution in [3.8, 4) is 0 Å². The summed E-state index contributed by atoms with van der Waals surface area (Å²) in [6.45, 7) is 9.45. The van der Waals surface area contributed by atoms with Gasteiger partial charge in [-0.05, 0) is 19.1 Å². The highest BCUT2D eigenvalue weighted by molar-refractivity contribution is 5.19. The van der Waals surface area contributed by atoms with E-state index in [4.69, 9.17) is 5.84 Å². The van der Waals surface area contributed by atoms with Crippen molar-refractivity contribution in [2.24, 2.45) is 5.84 Å². The molecular weight excluding hydrogens is 136 g/mol. The average Bonchev–Trinajstić information content (AvgIpc) is 2.08. The van der Waals surface area contributed by atoms with E-state index in [-0.39, 0.29) is 0 Å². The van der Waals surface area contributed by atoms with E-state index in [1.54, 1.807) is 12.2 Å². The summed E-state index contributed by atoms with van der Waals surface area (Å²) in [4.78, 5) is 0. The maximum atomic E-state index is 5.13. The summed E-state index contributed by atoms with van der Waals surface area (Å²) in [6.07, 6.45) is 7.23. The molecule has 2 nitrogen and oxygen atoms in total. The topological polar surface area (TPSA) is 38.0 Å². The van der Waals surface area contributed by atoms with E-state index in [2.05, 4.69) is 12.0 Å². The van der Waals surface area contributed by atoms with Gasteiger partial charge in [0.15, 0.2) is 0 Å². The largest absolute Gasteiger partial charge is 0.324 e. The zero-order chi connectivity index (χ0) is 9.11. The van der Waals surface area contributed by atoms with Gasteiger partial charge in [-0.25, -0.2) is 0 Å². The first-order valence-corrected chi connectivity index (χ1v) is 3.77. The molecule has 3 N–H and O–H groups in total. The fraction of sp³-hybridized carbons (Fsp3) is 0.333. The molecule has 0 saturated heterocycles. The highest BCUT2D eigenvalue weighted by Crippen LogP contribution is 1.88. The van der Waals surface area contributed by atoms with E-state index < -0.39 is 0 Å². The number of rotatable bonds is 3. The van der Waals surface area contributed by atoms with Crippen LogP contribution < -0.4 is 11.3 Å². The molecule has 0 aromatic rings. The molecule has 0 heterocycles. The van der Waals surface area contributed by atoms with Gasteiger partial charge in [-0.2, -0.15) is 0 Å². The molecule has 0 aromatic heterocycles. The Kier molecular flexibility index (Phi) is 13.5. The van der Waals surface area contributed by atoms with Crippen LogP contribution >= 0.6 is 0 Å². The minimum atomic E-state index is 0.854. The Labute approximate surface area is 69.5 Å². The predicted octanol–water partition coefficient (Wildman–Crippen LogP) is 2.12. The Morgan fingerprint density at radius 3 is 2.27 bits per heavy atom. The number of allylic oxidation sites excluding steroid dienone is 4. The summed E-state index contributed by atoms with van der Waals surface area (Å²) in [6, 6.07) is 0. The maximum Gasteiger partial charge on any atom is 0.0481 e. The number of hydrogen-bond donors (Lipinski definition) is 2. The molecule has 0 aliphatic carbocycles. The Morgan fingerprint density at radius 2 is 2.00 bits per heavy atom. The summed E-state index contributed by atoms with van der Waals surface area (Å²) in [7, 11) is 0. The maximum absolute atomic E-state index is 5.13. The van der Waals surface area contributed by atoms with Crippen LogP contribution in [-0.4, -0.2) is 0 Å². The number of nitrogens with two attached hydrogens (primary N) is 1. The van der Waals surface area contributed by atoms with Crippen LogP contribution in [0, 0.1) is 0 Å². The molecule has 0 atom stereocenters. The molecular formula is C9H18N2. The zero-order valence-corrected chi connectivity index (χ0v) is 7.59. The fourth-order valence-corrected chi connectivity index (χ4v) is 0.458. The van der Waals surface area contributed by atoms with E-state index in [1.165, 1.54) is 0 Å². The molecule has 0 bridgehead atoms. The van der Waals surface area contributed by atoms with Crippen molar-refractivity contribution in [1.82, 2.24) is 5.43 Å². The lowest BCUT2D eigenvalue weighted by Gasteiger charge is -1.95. The summed E-state index contributed by atoms with van der Waals surface area (Å²) in [5.74, 6) is 5.13. The van der Waals surface area contributed by atoms with Crippen molar-refractivity contribution < 1.29 is 0 Å². The highest BCUT2D eigenvalue weighted by Gasteiger charge is 1.79. The van der Waals surface area contributed by atoms with Crippen LogP contribution in [0.2, 0.25) is 0 Å². The van der Waals surface area contributed by atoms with Crippen molar-refractivity contribution in [3.05, 3.63) is 36.6 Å². The van der Waals surface area contributed by atoms with Crippen LogP contribution in [0.4, 0.5) is 0 Å². The second kappa shape index (κ2) is 11.7. The van der Waals surface area contributed by atoms with Crippen LogP contribution in [0.15, 0.2) is 36.6 Å². The molecule has 11 heavy (non-hydrogen) atoms. The first-order chi connectivity index (χ1) is 5.35. The molecule has 0 saturated carbocycles. The monoisotopic (exact) mass is 154 g/mol.